The molecule has 0 saturated heterocycles. The summed E-state index contributed by atoms with van der Waals surface area (Å²) in [5.41, 5.74) is 8.49. The van der Waals surface area contributed by atoms with Crippen LogP contribution in [0.4, 0.5) is 13.2 Å². The van der Waals surface area contributed by atoms with Gasteiger partial charge in [-0.15, -0.1) is 0 Å². The molecule has 5 amide bonds. The Labute approximate surface area is 409 Å². The highest BCUT2D eigenvalue weighted by atomic mass is 19.4. The van der Waals surface area contributed by atoms with Gasteiger partial charge in [0.25, 0.3) is 5.91 Å². The van der Waals surface area contributed by atoms with Crippen LogP contribution in [-0.4, -0.2) is 106 Å². The van der Waals surface area contributed by atoms with Crippen LogP contribution < -0.4 is 32.1 Å². The van der Waals surface area contributed by atoms with Crippen LogP contribution in [0.2, 0.25) is 0 Å². The number of hydrogen-bond acceptors (Lipinski definition) is 10. The summed E-state index contributed by atoms with van der Waals surface area (Å²) in [5.74, 6) is -7.94. The third-order valence-corrected chi connectivity index (χ3v) is 11.7. The first-order valence-electron chi connectivity index (χ1n) is 23.2. The lowest BCUT2D eigenvalue weighted by Crippen LogP contribution is -2.55. The van der Waals surface area contributed by atoms with Gasteiger partial charge < -0.3 is 57.1 Å². The van der Waals surface area contributed by atoms with Crippen LogP contribution in [0, 0.1) is 0 Å². The summed E-state index contributed by atoms with van der Waals surface area (Å²) in [6.07, 6.45) is 1.77. The highest BCUT2D eigenvalue weighted by Gasteiger charge is 2.36. The first-order valence-corrected chi connectivity index (χ1v) is 23.2. The summed E-state index contributed by atoms with van der Waals surface area (Å²) in [6, 6.07) is 19.0. The highest BCUT2D eigenvalue weighted by molar-refractivity contribution is 5.97. The van der Waals surface area contributed by atoms with E-state index in [1.165, 1.54) is 81.6 Å². The number of nitrogens with one attached hydrogen (secondary N) is 4. The molecule has 4 aromatic carbocycles. The van der Waals surface area contributed by atoms with E-state index in [0.29, 0.717) is 30.5 Å². The van der Waals surface area contributed by atoms with E-state index in [2.05, 4.69) is 58.2 Å². The fourth-order valence-corrected chi connectivity index (χ4v) is 7.75. The van der Waals surface area contributed by atoms with Gasteiger partial charge in [0.15, 0.2) is 0 Å². The Hall–Kier alpha value is -7.48. The van der Waals surface area contributed by atoms with Crippen molar-refractivity contribution >= 4 is 41.5 Å². The second kappa shape index (κ2) is 26.5. The SMILES string of the molecule is CCCCCCc1ccc(-c2ccc(C(=O)NCCC(=O)N[C@@H](CCCC[NH3+])C(=O)N(C)[C@@H]3C(=O)N[C@@H](C)C(=O)N[C@H](C(=O)O)Cc4ccc(O)c(c4)-c4cc3ccc4O)cc2)cc1.O=C([O-])C(F)(F)F. The number of carboxylic acid groups (broad SMARTS) is 2. The van der Waals surface area contributed by atoms with Gasteiger partial charge in [-0.05, 0) is 103 Å². The molecule has 0 aromatic heterocycles. The molecule has 4 atom stereocenters. The third-order valence-electron chi connectivity index (χ3n) is 11.7. The van der Waals surface area contributed by atoms with E-state index < -0.39 is 65.9 Å². The van der Waals surface area contributed by atoms with Crippen LogP contribution >= 0.6 is 0 Å². The molecule has 4 bridgehead atoms. The number of carboxylic acids is 2. The maximum Gasteiger partial charge on any atom is 0.430 e. The van der Waals surface area contributed by atoms with Crippen LogP contribution in [-0.2, 0) is 41.6 Å². The number of nitrogens with zero attached hydrogens (tertiary/aromatic N) is 1. The van der Waals surface area contributed by atoms with Gasteiger partial charge in [0.1, 0.15) is 41.6 Å². The van der Waals surface area contributed by atoms with Crippen LogP contribution in [0.25, 0.3) is 22.3 Å². The molecule has 1 aliphatic heterocycles. The molecule has 0 spiro atoms. The number of halogens is 3. The van der Waals surface area contributed by atoms with E-state index in [1.807, 2.05) is 12.1 Å². The zero-order valence-electron chi connectivity index (χ0n) is 39.8. The minimum Gasteiger partial charge on any atom is -0.542 e. The van der Waals surface area contributed by atoms with E-state index in [9.17, 15) is 57.3 Å². The summed E-state index contributed by atoms with van der Waals surface area (Å²) in [7, 11) is 1.38. The predicted octanol–water partition coefficient (Wildman–Crippen LogP) is 3.70. The number of hydrogen-bond donors (Lipinski definition) is 8. The number of fused-ring (bicyclic) bond motifs is 5. The molecule has 0 aliphatic carbocycles. The van der Waals surface area contributed by atoms with Crippen molar-refractivity contribution in [2.45, 2.75) is 108 Å². The quantitative estimate of drug-likeness (QED) is 0.0666. The molecule has 17 nitrogen and oxygen atoms in total. The van der Waals surface area contributed by atoms with Crippen LogP contribution in [0.5, 0.6) is 11.5 Å². The van der Waals surface area contributed by atoms with Crippen molar-refractivity contribution in [1.29, 1.82) is 0 Å². The lowest BCUT2D eigenvalue weighted by molar-refractivity contribution is -0.368. The minimum atomic E-state index is -5.19. The number of benzene rings is 4. The van der Waals surface area contributed by atoms with Gasteiger partial charge in [-0.25, -0.2) is 4.79 Å². The molecule has 0 saturated carbocycles. The molecule has 10 N–H and O–H groups in total. The number of phenols is 2. The van der Waals surface area contributed by atoms with E-state index in [0.717, 1.165) is 22.4 Å². The number of likely N-dealkylation sites (N-methyl/N-ethyl adjacent to an activating group) is 1. The summed E-state index contributed by atoms with van der Waals surface area (Å²) < 4.78 is 31.5. The van der Waals surface area contributed by atoms with Crippen LogP contribution in [0.15, 0.2) is 84.9 Å². The largest absolute Gasteiger partial charge is 0.542 e. The van der Waals surface area contributed by atoms with Crippen molar-refractivity contribution in [2.75, 3.05) is 20.1 Å². The van der Waals surface area contributed by atoms with Crippen molar-refractivity contribution in [2.24, 2.45) is 0 Å². The second-order valence-corrected chi connectivity index (χ2v) is 17.2. The van der Waals surface area contributed by atoms with Gasteiger partial charge in [-0.3, -0.25) is 24.0 Å². The van der Waals surface area contributed by atoms with Crippen LogP contribution in [0.3, 0.4) is 0 Å². The Bertz CT molecular complexity index is 2500. The standard InChI is InChI=1S/C49H60N6O9.C2HF3O2/c1-4-5-6-7-10-31-12-15-33(16-13-31)34-17-19-35(20-18-34)46(60)51-26-24-43(58)53-39(11-8-9-25-50)48(62)55(3)44-36-21-23-42(57)38(29-36)37-27-32(14-22-41(37)56)28-40(49(63)64)54-45(59)30(2)52-47(44)61;3-2(4,5)1(6)7/h12-23,27,29-30,39-40,44,56-57H,4-11,24-26,28,50H2,1-3H3,(H,51,60)(H,52,61)(H,53,58)(H,54,59)(H,63,64);(H,6,7)/t30-,39-,40-,44-;/m0./s1. The number of amides is 5. The van der Waals surface area contributed by atoms with Gasteiger partial charge in [-0.1, -0.05) is 74.7 Å². The van der Waals surface area contributed by atoms with E-state index in [1.54, 1.807) is 12.1 Å². The minimum absolute atomic E-state index is 0.0141. The summed E-state index contributed by atoms with van der Waals surface area (Å²) >= 11 is 0. The molecule has 1 aliphatic rings. The topological polar surface area (TPSA) is 282 Å². The smallest absolute Gasteiger partial charge is 0.430 e. The number of aliphatic carboxylic acids is 2. The molecular formula is C51H61F3N6O11. The molecule has 5 rings (SSSR count). The molecular weight excluding hydrogens is 930 g/mol. The molecule has 4 aromatic rings. The number of alkyl halides is 3. The highest BCUT2D eigenvalue weighted by Crippen LogP contribution is 2.39. The van der Waals surface area contributed by atoms with E-state index >= 15 is 0 Å². The normalized spacial score (nSPS) is 16.1. The number of carbonyl (C=O) groups is 7. The number of carbonyl (C=O) groups excluding carboxylic acids is 6. The maximum atomic E-state index is 14.4. The third kappa shape index (κ3) is 16.6. The Kier molecular flexibility index (Phi) is 20.9. The van der Waals surface area contributed by atoms with Gasteiger partial charge in [-0.2, -0.15) is 13.2 Å². The number of phenolic OH excluding ortho intramolecular Hbond substituents is 2. The second-order valence-electron chi connectivity index (χ2n) is 17.2. The van der Waals surface area contributed by atoms with Gasteiger partial charge in [0.2, 0.25) is 23.6 Å². The fourth-order valence-electron chi connectivity index (χ4n) is 7.75. The zero-order valence-corrected chi connectivity index (χ0v) is 39.8. The number of aryl methyl sites for hydroxylation is 1. The average Bonchev–Trinajstić information content (AvgIpc) is 3.33. The monoisotopic (exact) mass is 990 g/mol. The van der Waals surface area contributed by atoms with Gasteiger partial charge in [0.05, 0.1) is 6.54 Å². The first-order chi connectivity index (χ1) is 33.6. The summed E-state index contributed by atoms with van der Waals surface area (Å²) in [6.45, 7) is 4.15. The van der Waals surface area contributed by atoms with E-state index in [4.69, 9.17) is 9.90 Å². The Morgan fingerprint density at radius 1 is 0.831 bits per heavy atom. The van der Waals surface area contributed by atoms with E-state index in [-0.39, 0.29) is 59.9 Å². The number of aromatic hydroxyl groups is 2. The zero-order chi connectivity index (χ0) is 52.4. The van der Waals surface area contributed by atoms with Crippen molar-refractivity contribution in [3.05, 3.63) is 107 Å². The van der Waals surface area contributed by atoms with Crippen LogP contribution in [0.1, 0.15) is 98.3 Å². The van der Waals surface area contributed by atoms with Crippen molar-refractivity contribution in [3.63, 3.8) is 0 Å². The first kappa shape index (κ1) is 56.1. The maximum absolute atomic E-state index is 14.4. The van der Waals surface area contributed by atoms with Gasteiger partial charge >= 0.3 is 12.1 Å². The lowest BCUT2D eigenvalue weighted by atomic mass is 9.93. The van der Waals surface area contributed by atoms with Crippen molar-refractivity contribution in [1.82, 2.24) is 26.2 Å². The molecule has 0 unspecified atom stereocenters. The Balaban J connectivity index is 0.00000145. The number of rotatable bonds is 18. The summed E-state index contributed by atoms with van der Waals surface area (Å²) in [4.78, 5) is 90.3. The molecule has 20 heteroatoms. The summed E-state index contributed by atoms with van der Waals surface area (Å²) in [5, 5.41) is 51.1. The molecule has 0 radical (unpaired) electrons. The average molecular weight is 991 g/mol. The molecule has 1 heterocycles. The Morgan fingerprint density at radius 2 is 1.44 bits per heavy atom. The van der Waals surface area contributed by atoms with Crippen molar-refractivity contribution < 1.29 is 72.9 Å². The lowest BCUT2D eigenvalue weighted by Gasteiger charge is -2.32. The fraction of sp³-hybridized carbons (Fsp3) is 0.392. The van der Waals surface area contributed by atoms with Gasteiger partial charge in [0, 0.05) is 43.1 Å². The number of unbranched alkanes of at least 4 members (excludes halogenated alkanes) is 4. The molecule has 71 heavy (non-hydrogen) atoms. The predicted molar refractivity (Wildman–Crippen MR) is 253 cm³/mol. The Morgan fingerprint density at radius 3 is 2.03 bits per heavy atom. The van der Waals surface area contributed by atoms with Crippen molar-refractivity contribution in [3.8, 4) is 33.8 Å². The molecule has 0 fully saturated rings. The molecule has 382 valence electrons. The number of quaternary nitrogens is 1.